The van der Waals surface area contributed by atoms with Gasteiger partial charge in [0.15, 0.2) is 11.5 Å². The minimum Gasteiger partial charge on any atom is -0.493 e. The lowest BCUT2D eigenvalue weighted by Crippen LogP contribution is -2.40. The normalized spacial score (nSPS) is 16.0. The number of halogens is 1. The summed E-state index contributed by atoms with van der Waals surface area (Å²) in [5, 5.41) is 3.34. The third kappa shape index (κ3) is 4.57. The summed E-state index contributed by atoms with van der Waals surface area (Å²) in [5.41, 5.74) is 0.425. The Morgan fingerprint density at radius 2 is 2.04 bits per heavy atom. The number of hydrogen-bond donors (Lipinski definition) is 1. The Balaban J connectivity index is 1.73. The van der Waals surface area contributed by atoms with Crippen molar-refractivity contribution in [3.8, 4) is 11.5 Å². The Morgan fingerprint density at radius 1 is 1.26 bits per heavy atom. The molecular weight excluding hydrogens is 368 g/mol. The van der Waals surface area contributed by atoms with Crippen LogP contribution in [-0.2, 0) is 0 Å². The van der Waals surface area contributed by atoms with Crippen LogP contribution in [0.5, 0.6) is 11.5 Å². The van der Waals surface area contributed by atoms with E-state index in [0.717, 1.165) is 31.7 Å². The Bertz CT molecular complexity index is 758. The Morgan fingerprint density at radius 3 is 2.67 bits per heavy atom. The first kappa shape index (κ1) is 19.6. The van der Waals surface area contributed by atoms with Crippen LogP contribution in [-0.4, -0.2) is 44.7 Å². The number of benzene rings is 1. The number of nitrogens with one attached hydrogen (secondary N) is 1. The van der Waals surface area contributed by atoms with Crippen LogP contribution >= 0.6 is 11.6 Å². The van der Waals surface area contributed by atoms with Gasteiger partial charge in [0.05, 0.1) is 31.5 Å². The van der Waals surface area contributed by atoms with E-state index >= 15 is 0 Å². The highest BCUT2D eigenvalue weighted by Gasteiger charge is 2.25. The van der Waals surface area contributed by atoms with Crippen molar-refractivity contribution in [2.75, 3.05) is 33.9 Å². The quantitative estimate of drug-likeness (QED) is 0.774. The van der Waals surface area contributed by atoms with Gasteiger partial charge in [-0.15, -0.1) is 0 Å². The van der Waals surface area contributed by atoms with Gasteiger partial charge in [-0.3, -0.25) is 9.69 Å². The molecule has 0 aliphatic carbocycles. The molecule has 1 aliphatic rings. The summed E-state index contributed by atoms with van der Waals surface area (Å²) < 4.78 is 16.1. The molecule has 0 spiro atoms. The third-order valence-electron chi connectivity index (χ3n) is 4.85. The summed E-state index contributed by atoms with van der Waals surface area (Å²) in [6.45, 7) is 2.46. The van der Waals surface area contributed by atoms with Gasteiger partial charge in [-0.25, -0.2) is 0 Å². The molecule has 0 bridgehead atoms. The smallest absolute Gasteiger partial charge is 0.251 e. The zero-order chi connectivity index (χ0) is 19.2. The van der Waals surface area contributed by atoms with Crippen LogP contribution in [0.15, 0.2) is 34.9 Å². The molecule has 1 N–H and O–H groups in total. The topological polar surface area (TPSA) is 63.9 Å². The number of carbonyl (C=O) groups is 1. The second kappa shape index (κ2) is 9.15. The number of ether oxygens (including phenoxy) is 2. The van der Waals surface area contributed by atoms with E-state index in [-0.39, 0.29) is 11.9 Å². The number of rotatable bonds is 7. The maximum atomic E-state index is 12.7. The molecule has 0 unspecified atom stereocenters. The minimum atomic E-state index is -0.216. The fourth-order valence-corrected chi connectivity index (χ4v) is 3.75. The first-order valence-corrected chi connectivity index (χ1v) is 9.49. The SMILES string of the molecule is COc1cc(C(=O)NC[C@H](c2ccco2)N2CCCCC2)cc(Cl)c1OC. The lowest BCUT2D eigenvalue weighted by Gasteiger charge is -2.33. The van der Waals surface area contributed by atoms with E-state index in [1.807, 2.05) is 12.1 Å². The fraction of sp³-hybridized carbons (Fsp3) is 0.450. The number of piperidine rings is 1. The van der Waals surface area contributed by atoms with Gasteiger partial charge in [0.25, 0.3) is 5.91 Å². The van der Waals surface area contributed by atoms with Gasteiger partial charge in [-0.1, -0.05) is 18.0 Å². The van der Waals surface area contributed by atoms with Gasteiger partial charge in [-0.2, -0.15) is 0 Å². The average molecular weight is 393 g/mol. The summed E-state index contributed by atoms with van der Waals surface area (Å²) in [5.74, 6) is 1.49. The Labute approximate surface area is 164 Å². The number of hydrogen-bond acceptors (Lipinski definition) is 5. The van der Waals surface area contributed by atoms with E-state index in [1.54, 1.807) is 18.4 Å². The molecule has 1 fully saturated rings. The molecule has 1 aliphatic heterocycles. The maximum absolute atomic E-state index is 12.7. The number of furan rings is 1. The van der Waals surface area contributed by atoms with Crippen molar-refractivity contribution in [1.82, 2.24) is 10.2 Å². The highest BCUT2D eigenvalue weighted by atomic mass is 35.5. The predicted molar refractivity (Wildman–Crippen MR) is 104 cm³/mol. The lowest BCUT2D eigenvalue weighted by atomic mass is 10.1. The molecule has 6 nitrogen and oxygen atoms in total. The van der Waals surface area contributed by atoms with Crippen LogP contribution in [0.2, 0.25) is 5.02 Å². The number of likely N-dealkylation sites (tertiary alicyclic amines) is 1. The molecule has 2 heterocycles. The van der Waals surface area contributed by atoms with Gasteiger partial charge >= 0.3 is 0 Å². The minimum absolute atomic E-state index is 0.0138. The van der Waals surface area contributed by atoms with E-state index in [2.05, 4.69) is 10.2 Å². The highest BCUT2D eigenvalue weighted by molar-refractivity contribution is 6.32. The van der Waals surface area contributed by atoms with E-state index in [9.17, 15) is 4.79 Å². The van der Waals surface area contributed by atoms with Gasteiger partial charge in [0, 0.05) is 12.1 Å². The maximum Gasteiger partial charge on any atom is 0.251 e. The zero-order valence-corrected chi connectivity index (χ0v) is 16.4. The molecule has 1 aromatic carbocycles. The first-order chi connectivity index (χ1) is 13.1. The molecule has 3 rings (SSSR count). The Kier molecular flexibility index (Phi) is 6.63. The van der Waals surface area contributed by atoms with Crippen LogP contribution in [0.3, 0.4) is 0 Å². The molecule has 0 radical (unpaired) electrons. The third-order valence-corrected chi connectivity index (χ3v) is 5.14. The standard InChI is InChI=1S/C20H25ClN2O4/c1-25-18-12-14(11-15(21)19(18)26-2)20(24)22-13-16(17-7-6-10-27-17)23-8-4-3-5-9-23/h6-7,10-12,16H,3-5,8-9,13H2,1-2H3,(H,22,24)/t16-/m1/s1. The zero-order valence-electron chi connectivity index (χ0n) is 15.7. The van der Waals surface area contributed by atoms with Gasteiger partial charge in [-0.05, 0) is 50.2 Å². The summed E-state index contributed by atoms with van der Waals surface area (Å²) >= 11 is 6.21. The van der Waals surface area contributed by atoms with E-state index in [1.165, 1.54) is 20.6 Å². The molecule has 7 heteroatoms. The molecule has 1 atom stereocenters. The van der Waals surface area contributed by atoms with Crippen LogP contribution in [0.25, 0.3) is 0 Å². The summed E-state index contributed by atoms with van der Waals surface area (Å²) in [6.07, 6.45) is 5.24. The molecule has 1 amide bonds. The monoisotopic (exact) mass is 392 g/mol. The first-order valence-electron chi connectivity index (χ1n) is 9.11. The predicted octanol–water partition coefficient (Wildman–Crippen LogP) is 3.91. The lowest BCUT2D eigenvalue weighted by molar-refractivity contribution is 0.0913. The van der Waals surface area contributed by atoms with Gasteiger partial charge < -0.3 is 19.2 Å². The summed E-state index contributed by atoms with van der Waals surface area (Å²) in [6, 6.07) is 7.06. The molecule has 1 aromatic heterocycles. The van der Waals surface area contributed by atoms with E-state index in [4.69, 9.17) is 25.5 Å². The van der Waals surface area contributed by atoms with Crippen molar-refractivity contribution in [1.29, 1.82) is 0 Å². The fourth-order valence-electron chi connectivity index (χ4n) is 3.46. The van der Waals surface area contributed by atoms with Crippen LogP contribution in [0, 0.1) is 0 Å². The van der Waals surface area contributed by atoms with E-state index < -0.39 is 0 Å². The molecule has 146 valence electrons. The van der Waals surface area contributed by atoms with Crippen molar-refractivity contribution >= 4 is 17.5 Å². The van der Waals surface area contributed by atoms with Crippen LogP contribution in [0.1, 0.15) is 41.4 Å². The largest absolute Gasteiger partial charge is 0.493 e. The van der Waals surface area contributed by atoms with Crippen molar-refractivity contribution in [2.45, 2.75) is 25.3 Å². The van der Waals surface area contributed by atoms with Gasteiger partial charge in [0.2, 0.25) is 0 Å². The van der Waals surface area contributed by atoms with Crippen molar-refractivity contribution in [3.05, 3.63) is 46.9 Å². The molecule has 27 heavy (non-hydrogen) atoms. The number of amides is 1. The number of methoxy groups -OCH3 is 2. The van der Waals surface area contributed by atoms with Gasteiger partial charge in [0.1, 0.15) is 5.76 Å². The number of nitrogens with zero attached hydrogens (tertiary/aromatic N) is 1. The van der Waals surface area contributed by atoms with Crippen LogP contribution in [0.4, 0.5) is 0 Å². The number of carbonyl (C=O) groups excluding carboxylic acids is 1. The molecule has 2 aromatic rings. The van der Waals surface area contributed by atoms with Crippen molar-refractivity contribution in [2.24, 2.45) is 0 Å². The highest BCUT2D eigenvalue weighted by Crippen LogP contribution is 2.36. The molecule has 0 saturated carbocycles. The molecular formula is C20H25ClN2O4. The second-order valence-electron chi connectivity index (χ2n) is 6.53. The summed E-state index contributed by atoms with van der Waals surface area (Å²) in [4.78, 5) is 15.1. The van der Waals surface area contributed by atoms with Crippen molar-refractivity contribution in [3.63, 3.8) is 0 Å². The van der Waals surface area contributed by atoms with E-state index in [0.29, 0.717) is 28.6 Å². The molecule has 1 saturated heterocycles. The second-order valence-corrected chi connectivity index (χ2v) is 6.94. The Hall–Kier alpha value is -2.18. The summed E-state index contributed by atoms with van der Waals surface area (Å²) in [7, 11) is 3.02. The van der Waals surface area contributed by atoms with Crippen LogP contribution < -0.4 is 14.8 Å². The van der Waals surface area contributed by atoms with Crippen molar-refractivity contribution < 1.29 is 18.7 Å². The average Bonchev–Trinajstić information content (AvgIpc) is 3.22.